The van der Waals surface area contributed by atoms with Gasteiger partial charge in [0.15, 0.2) is 5.76 Å². The van der Waals surface area contributed by atoms with Crippen LogP contribution in [-0.4, -0.2) is 15.9 Å². The normalized spacial score (nSPS) is 10.7. The van der Waals surface area contributed by atoms with Gasteiger partial charge in [-0.1, -0.05) is 42.5 Å². The highest BCUT2D eigenvalue weighted by atomic mass is 32.1. The fraction of sp³-hybridized carbons (Fsp3) is 0. The Labute approximate surface area is 183 Å². The van der Waals surface area contributed by atoms with Gasteiger partial charge in [-0.05, 0) is 36.4 Å². The second-order valence-corrected chi connectivity index (χ2v) is 7.70. The summed E-state index contributed by atoms with van der Waals surface area (Å²) in [5, 5.41) is 5.84. The average molecular weight is 423 g/mol. The molecule has 1 N–H and O–H groups in total. The van der Waals surface area contributed by atoms with E-state index >= 15 is 0 Å². The van der Waals surface area contributed by atoms with E-state index in [1.807, 2.05) is 78.2 Å². The number of oxazole rings is 1. The van der Waals surface area contributed by atoms with E-state index in [9.17, 15) is 4.79 Å². The van der Waals surface area contributed by atoms with Crippen LogP contribution in [0.4, 0.5) is 5.69 Å². The van der Waals surface area contributed by atoms with Gasteiger partial charge in [0.1, 0.15) is 5.01 Å². The predicted molar refractivity (Wildman–Crippen MR) is 123 cm³/mol. The molecular weight excluding hydrogens is 406 g/mol. The lowest BCUT2D eigenvalue weighted by atomic mass is 10.1. The zero-order chi connectivity index (χ0) is 21.0. The van der Waals surface area contributed by atoms with Gasteiger partial charge in [0, 0.05) is 34.0 Å². The summed E-state index contributed by atoms with van der Waals surface area (Å²) >= 11 is 1.58. The highest BCUT2D eigenvalue weighted by Crippen LogP contribution is 2.29. The zero-order valence-electron chi connectivity index (χ0n) is 16.4. The van der Waals surface area contributed by atoms with Gasteiger partial charge in [0.05, 0.1) is 11.8 Å². The highest BCUT2D eigenvalue weighted by molar-refractivity contribution is 7.13. The maximum absolute atomic E-state index is 13.0. The van der Waals surface area contributed by atoms with E-state index in [1.165, 1.54) is 0 Å². The molecule has 2 aromatic heterocycles. The average Bonchev–Trinajstić information content (AvgIpc) is 3.53. The Hall–Kier alpha value is -4.03. The fourth-order valence-electron chi connectivity index (χ4n) is 3.26. The Morgan fingerprint density at radius 1 is 0.839 bits per heavy atom. The molecule has 5 aromatic rings. The van der Waals surface area contributed by atoms with Crippen LogP contribution < -0.4 is 5.32 Å². The third kappa shape index (κ3) is 4.01. The van der Waals surface area contributed by atoms with E-state index < -0.39 is 0 Å². The molecule has 0 spiro atoms. The second kappa shape index (κ2) is 8.38. The van der Waals surface area contributed by atoms with Gasteiger partial charge >= 0.3 is 0 Å². The molecule has 0 aliphatic carbocycles. The molecule has 0 bridgehead atoms. The summed E-state index contributed by atoms with van der Waals surface area (Å²) in [6.07, 6.45) is 3.45. The Bertz CT molecular complexity index is 1310. The standard InChI is InChI=1S/C25H17N3O2S/c29-23(28-19-12-10-18(11-13-19)25-26-14-15-31-25)20-8-4-5-9-21(20)24-27-16-22(30-24)17-6-2-1-3-7-17/h1-16H,(H,28,29). The van der Waals surface area contributed by atoms with Crippen LogP contribution in [0.5, 0.6) is 0 Å². The summed E-state index contributed by atoms with van der Waals surface area (Å²) in [5.74, 6) is 0.837. The lowest BCUT2D eigenvalue weighted by Gasteiger charge is -2.09. The number of carbonyl (C=O) groups is 1. The molecule has 6 heteroatoms. The summed E-state index contributed by atoms with van der Waals surface area (Å²) < 4.78 is 5.96. The maximum atomic E-state index is 13.0. The maximum Gasteiger partial charge on any atom is 0.256 e. The molecule has 0 radical (unpaired) electrons. The third-order valence-electron chi connectivity index (χ3n) is 4.79. The van der Waals surface area contributed by atoms with Crippen molar-refractivity contribution in [1.29, 1.82) is 0 Å². The van der Waals surface area contributed by atoms with Gasteiger partial charge in [-0.2, -0.15) is 0 Å². The van der Waals surface area contributed by atoms with E-state index in [2.05, 4.69) is 15.3 Å². The lowest BCUT2D eigenvalue weighted by molar-refractivity contribution is 0.102. The summed E-state index contributed by atoms with van der Waals surface area (Å²) in [6, 6.07) is 24.7. The predicted octanol–water partition coefficient (Wildman–Crippen LogP) is 6.38. The SMILES string of the molecule is O=C(Nc1ccc(-c2nccs2)cc1)c1ccccc1-c1ncc(-c2ccccc2)o1. The lowest BCUT2D eigenvalue weighted by Crippen LogP contribution is -2.13. The minimum Gasteiger partial charge on any atom is -0.436 e. The fourth-order valence-corrected chi connectivity index (χ4v) is 3.91. The molecular formula is C25H17N3O2S. The van der Waals surface area contributed by atoms with E-state index in [1.54, 1.807) is 29.8 Å². The molecule has 0 saturated heterocycles. The number of hydrogen-bond acceptors (Lipinski definition) is 5. The Morgan fingerprint density at radius 3 is 2.39 bits per heavy atom. The number of amides is 1. The first-order valence-electron chi connectivity index (χ1n) is 9.70. The highest BCUT2D eigenvalue weighted by Gasteiger charge is 2.17. The Morgan fingerprint density at radius 2 is 1.61 bits per heavy atom. The van der Waals surface area contributed by atoms with E-state index in [0.717, 1.165) is 16.1 Å². The van der Waals surface area contributed by atoms with E-state index in [-0.39, 0.29) is 5.91 Å². The van der Waals surface area contributed by atoms with Crippen molar-refractivity contribution >= 4 is 22.9 Å². The van der Waals surface area contributed by atoms with Crippen molar-refractivity contribution < 1.29 is 9.21 Å². The van der Waals surface area contributed by atoms with Gasteiger partial charge in [0.25, 0.3) is 5.91 Å². The molecule has 0 aliphatic rings. The quantitative estimate of drug-likeness (QED) is 0.356. The van der Waals surface area contributed by atoms with Crippen molar-refractivity contribution in [3.05, 3.63) is 102 Å². The summed E-state index contributed by atoms with van der Waals surface area (Å²) in [4.78, 5) is 21.7. The van der Waals surface area contributed by atoms with Gasteiger partial charge in [-0.25, -0.2) is 9.97 Å². The number of thiazole rings is 1. The zero-order valence-corrected chi connectivity index (χ0v) is 17.2. The minimum absolute atomic E-state index is 0.225. The van der Waals surface area contributed by atoms with Gasteiger partial charge < -0.3 is 9.73 Å². The van der Waals surface area contributed by atoms with Crippen molar-refractivity contribution in [3.63, 3.8) is 0 Å². The number of nitrogens with one attached hydrogen (secondary N) is 1. The number of carbonyl (C=O) groups excluding carboxylic acids is 1. The summed E-state index contributed by atoms with van der Waals surface area (Å²) in [6.45, 7) is 0. The van der Waals surface area contributed by atoms with Crippen LogP contribution in [0.15, 0.2) is 101 Å². The number of hydrogen-bond donors (Lipinski definition) is 1. The van der Waals surface area contributed by atoms with Crippen LogP contribution in [-0.2, 0) is 0 Å². The molecule has 0 aliphatic heterocycles. The van der Waals surface area contributed by atoms with Crippen LogP contribution in [0.25, 0.3) is 33.3 Å². The largest absolute Gasteiger partial charge is 0.436 e. The van der Waals surface area contributed by atoms with Gasteiger partial charge in [-0.3, -0.25) is 4.79 Å². The second-order valence-electron chi connectivity index (χ2n) is 6.81. The van der Waals surface area contributed by atoms with E-state index in [4.69, 9.17) is 4.42 Å². The van der Waals surface area contributed by atoms with Crippen molar-refractivity contribution in [2.24, 2.45) is 0 Å². The number of benzene rings is 3. The number of aromatic nitrogens is 2. The van der Waals surface area contributed by atoms with Crippen LogP contribution in [0.3, 0.4) is 0 Å². The Kier molecular flexibility index (Phi) is 5.12. The minimum atomic E-state index is -0.225. The Balaban J connectivity index is 1.39. The summed E-state index contributed by atoms with van der Waals surface area (Å²) in [7, 11) is 0. The van der Waals surface area contributed by atoms with Crippen molar-refractivity contribution in [2.75, 3.05) is 5.32 Å². The van der Waals surface area contributed by atoms with Crippen LogP contribution >= 0.6 is 11.3 Å². The van der Waals surface area contributed by atoms with Crippen LogP contribution in [0.1, 0.15) is 10.4 Å². The topological polar surface area (TPSA) is 68.0 Å². The summed E-state index contributed by atoms with van der Waals surface area (Å²) in [5.41, 5.74) is 3.79. The molecule has 31 heavy (non-hydrogen) atoms. The van der Waals surface area contributed by atoms with Crippen molar-refractivity contribution in [1.82, 2.24) is 9.97 Å². The molecule has 5 rings (SSSR count). The molecule has 0 unspecified atom stereocenters. The van der Waals surface area contributed by atoms with Crippen LogP contribution in [0, 0.1) is 0 Å². The first-order chi connectivity index (χ1) is 15.3. The number of rotatable bonds is 5. The molecule has 0 fully saturated rings. The molecule has 150 valence electrons. The van der Waals surface area contributed by atoms with Crippen molar-refractivity contribution in [3.8, 4) is 33.3 Å². The van der Waals surface area contributed by atoms with Gasteiger partial charge in [0.2, 0.25) is 5.89 Å². The monoisotopic (exact) mass is 423 g/mol. The third-order valence-corrected chi connectivity index (χ3v) is 5.61. The smallest absolute Gasteiger partial charge is 0.256 e. The van der Waals surface area contributed by atoms with Crippen LogP contribution in [0.2, 0.25) is 0 Å². The number of nitrogens with zero attached hydrogens (tertiary/aromatic N) is 2. The molecule has 2 heterocycles. The molecule has 3 aromatic carbocycles. The molecule has 1 amide bonds. The molecule has 0 saturated carbocycles. The van der Waals surface area contributed by atoms with Gasteiger partial charge in [-0.15, -0.1) is 11.3 Å². The first-order valence-corrected chi connectivity index (χ1v) is 10.6. The molecule has 5 nitrogen and oxygen atoms in total. The van der Waals surface area contributed by atoms with E-state index in [0.29, 0.717) is 28.5 Å². The van der Waals surface area contributed by atoms with Crippen molar-refractivity contribution in [2.45, 2.75) is 0 Å². The molecule has 0 atom stereocenters. The number of anilines is 1. The first kappa shape index (κ1) is 19.0.